The molecule has 1 aromatic rings. The van der Waals surface area contributed by atoms with Gasteiger partial charge in [0.1, 0.15) is 5.88 Å². The number of halogens is 1. The summed E-state index contributed by atoms with van der Waals surface area (Å²) in [6.07, 6.45) is 1.14. The molecule has 0 atom stereocenters. The fraction of sp³-hybridized carbons (Fsp3) is 0.333. The molecule has 0 aromatic carbocycles. The number of rotatable bonds is 3. The Balaban J connectivity index is 2.25. The van der Waals surface area contributed by atoms with Crippen LogP contribution in [0.2, 0.25) is 0 Å². The molecule has 76 valence electrons. The largest absolute Gasteiger partial charge is 0.343 e. The van der Waals surface area contributed by atoms with E-state index in [2.05, 4.69) is 20.0 Å². The SMILES string of the molecule is O=C(CCl)NC(=O)NCc1ncon1. The second-order valence-electron chi connectivity index (χ2n) is 2.21. The van der Waals surface area contributed by atoms with Gasteiger partial charge in [0.05, 0.1) is 6.54 Å². The van der Waals surface area contributed by atoms with E-state index in [1.807, 2.05) is 5.32 Å². The molecule has 2 N–H and O–H groups in total. The molecule has 0 aliphatic heterocycles. The second-order valence-corrected chi connectivity index (χ2v) is 2.48. The molecule has 0 unspecified atom stereocenters. The van der Waals surface area contributed by atoms with Crippen molar-refractivity contribution >= 4 is 23.5 Å². The number of alkyl halides is 1. The molecule has 0 aliphatic rings. The number of urea groups is 1. The molecule has 8 heteroatoms. The van der Waals surface area contributed by atoms with E-state index in [-0.39, 0.29) is 12.4 Å². The van der Waals surface area contributed by atoms with Crippen LogP contribution in [0, 0.1) is 0 Å². The lowest BCUT2D eigenvalue weighted by molar-refractivity contribution is -0.117. The van der Waals surface area contributed by atoms with E-state index < -0.39 is 11.9 Å². The molecule has 0 saturated heterocycles. The van der Waals surface area contributed by atoms with Gasteiger partial charge in [-0.05, 0) is 0 Å². The third-order valence-corrected chi connectivity index (χ3v) is 1.43. The summed E-state index contributed by atoms with van der Waals surface area (Å²) in [6.45, 7) is 0.0812. The lowest BCUT2D eigenvalue weighted by Crippen LogP contribution is -2.39. The molecule has 7 nitrogen and oxygen atoms in total. The van der Waals surface area contributed by atoms with Gasteiger partial charge in [0.2, 0.25) is 12.3 Å². The summed E-state index contributed by atoms with van der Waals surface area (Å²) in [5.74, 6) is -0.522. The maximum absolute atomic E-state index is 10.9. The maximum Gasteiger partial charge on any atom is 0.321 e. The minimum atomic E-state index is -0.652. The van der Waals surface area contributed by atoms with Gasteiger partial charge in [0.25, 0.3) is 0 Å². The van der Waals surface area contributed by atoms with Crippen molar-refractivity contribution in [2.45, 2.75) is 6.54 Å². The number of imide groups is 1. The Kier molecular flexibility index (Phi) is 3.86. The van der Waals surface area contributed by atoms with Gasteiger partial charge in [0.15, 0.2) is 5.82 Å². The Hall–Kier alpha value is -1.63. The Morgan fingerprint density at radius 1 is 1.57 bits per heavy atom. The first-order valence-electron chi connectivity index (χ1n) is 3.61. The van der Waals surface area contributed by atoms with Crippen molar-refractivity contribution in [1.29, 1.82) is 0 Å². The van der Waals surface area contributed by atoms with Gasteiger partial charge in [-0.15, -0.1) is 11.6 Å². The zero-order chi connectivity index (χ0) is 10.4. The van der Waals surface area contributed by atoms with Crippen molar-refractivity contribution in [2.75, 3.05) is 5.88 Å². The third-order valence-electron chi connectivity index (χ3n) is 1.19. The minimum Gasteiger partial charge on any atom is -0.343 e. The smallest absolute Gasteiger partial charge is 0.321 e. The summed E-state index contributed by atoms with van der Waals surface area (Å²) in [5, 5.41) is 7.77. The standard InChI is InChI=1S/C6H7ClN4O3/c7-1-5(12)10-6(13)8-2-4-9-3-14-11-4/h3H,1-2H2,(H2,8,10,12,13). The molecule has 3 amide bonds. The highest BCUT2D eigenvalue weighted by Gasteiger charge is 2.06. The first-order chi connectivity index (χ1) is 6.72. The highest BCUT2D eigenvalue weighted by molar-refractivity contribution is 6.28. The second kappa shape index (κ2) is 5.18. The predicted octanol–water partition coefficient (Wildman–Crippen LogP) is -0.366. The van der Waals surface area contributed by atoms with Gasteiger partial charge in [0, 0.05) is 0 Å². The number of nitrogens with one attached hydrogen (secondary N) is 2. The topological polar surface area (TPSA) is 97.1 Å². The molecule has 0 fully saturated rings. The number of amides is 3. The van der Waals surface area contributed by atoms with Crippen LogP contribution in [0.5, 0.6) is 0 Å². The quantitative estimate of drug-likeness (QED) is 0.675. The molecule has 0 saturated carbocycles. The highest BCUT2D eigenvalue weighted by Crippen LogP contribution is 1.86. The zero-order valence-electron chi connectivity index (χ0n) is 6.99. The molecular formula is C6H7ClN4O3. The number of carbonyl (C=O) groups is 2. The van der Waals surface area contributed by atoms with Crippen LogP contribution in [0.25, 0.3) is 0 Å². The van der Waals surface area contributed by atoms with E-state index >= 15 is 0 Å². The van der Waals surface area contributed by atoms with Gasteiger partial charge in [-0.3, -0.25) is 10.1 Å². The minimum absolute atomic E-state index is 0.0812. The lowest BCUT2D eigenvalue weighted by atomic mass is 10.6. The fourth-order valence-electron chi connectivity index (χ4n) is 0.634. The van der Waals surface area contributed by atoms with Crippen LogP contribution in [-0.4, -0.2) is 28.0 Å². The predicted molar refractivity (Wildman–Crippen MR) is 45.4 cm³/mol. The van der Waals surface area contributed by atoms with Crippen LogP contribution in [0.3, 0.4) is 0 Å². The fourth-order valence-corrected chi connectivity index (χ4v) is 0.701. The van der Waals surface area contributed by atoms with Gasteiger partial charge < -0.3 is 9.84 Å². The molecule has 1 heterocycles. The van der Waals surface area contributed by atoms with Crippen LogP contribution in [0.15, 0.2) is 10.9 Å². The van der Waals surface area contributed by atoms with Gasteiger partial charge in [-0.1, -0.05) is 5.16 Å². The molecule has 0 aliphatic carbocycles. The first-order valence-corrected chi connectivity index (χ1v) is 4.14. The van der Waals surface area contributed by atoms with E-state index in [1.165, 1.54) is 0 Å². The van der Waals surface area contributed by atoms with Crippen molar-refractivity contribution in [1.82, 2.24) is 20.8 Å². The number of aromatic nitrogens is 2. The van der Waals surface area contributed by atoms with Crippen LogP contribution < -0.4 is 10.6 Å². The molecule has 0 radical (unpaired) electrons. The normalized spacial score (nSPS) is 9.50. The molecule has 1 aromatic heterocycles. The monoisotopic (exact) mass is 218 g/mol. The number of hydrogen-bond acceptors (Lipinski definition) is 5. The van der Waals surface area contributed by atoms with Crippen LogP contribution in [0.4, 0.5) is 4.79 Å². The van der Waals surface area contributed by atoms with E-state index in [0.717, 1.165) is 6.39 Å². The molecular weight excluding hydrogens is 212 g/mol. The maximum atomic E-state index is 10.9. The van der Waals surface area contributed by atoms with Gasteiger partial charge in [-0.25, -0.2) is 4.79 Å². The Morgan fingerprint density at radius 3 is 2.93 bits per heavy atom. The summed E-state index contributed by atoms with van der Waals surface area (Å²) in [4.78, 5) is 25.2. The average Bonchev–Trinajstić information content (AvgIpc) is 2.67. The summed E-state index contributed by atoms with van der Waals surface area (Å²) in [5.41, 5.74) is 0. The zero-order valence-corrected chi connectivity index (χ0v) is 7.74. The third kappa shape index (κ3) is 3.40. The Bertz CT molecular complexity index is 313. The van der Waals surface area contributed by atoms with Crippen molar-refractivity contribution in [2.24, 2.45) is 0 Å². The highest BCUT2D eigenvalue weighted by atomic mass is 35.5. The summed E-state index contributed by atoms with van der Waals surface area (Å²) in [7, 11) is 0. The van der Waals surface area contributed by atoms with E-state index in [9.17, 15) is 9.59 Å². The van der Waals surface area contributed by atoms with Crippen molar-refractivity contribution in [3.05, 3.63) is 12.2 Å². The van der Waals surface area contributed by atoms with Gasteiger partial charge in [-0.2, -0.15) is 4.98 Å². The van der Waals surface area contributed by atoms with Crippen LogP contribution in [-0.2, 0) is 11.3 Å². The lowest BCUT2D eigenvalue weighted by Gasteiger charge is -2.01. The van der Waals surface area contributed by atoms with E-state index in [0.29, 0.717) is 5.82 Å². The summed E-state index contributed by atoms with van der Waals surface area (Å²) in [6, 6.07) is -0.652. The van der Waals surface area contributed by atoms with Crippen LogP contribution >= 0.6 is 11.6 Å². The first kappa shape index (κ1) is 10.5. The molecule has 0 bridgehead atoms. The number of hydrogen-bond donors (Lipinski definition) is 2. The summed E-state index contributed by atoms with van der Waals surface area (Å²) < 4.78 is 4.43. The summed E-state index contributed by atoms with van der Waals surface area (Å²) >= 11 is 5.16. The Labute approximate surface area is 83.8 Å². The van der Waals surface area contributed by atoms with E-state index in [4.69, 9.17) is 11.6 Å². The van der Waals surface area contributed by atoms with Crippen molar-refractivity contribution in [3.8, 4) is 0 Å². The Morgan fingerprint density at radius 2 is 2.36 bits per heavy atom. The molecule has 1 rings (SSSR count). The average molecular weight is 219 g/mol. The van der Waals surface area contributed by atoms with Crippen LogP contribution in [0.1, 0.15) is 5.82 Å². The molecule has 0 spiro atoms. The molecule has 14 heavy (non-hydrogen) atoms. The number of nitrogens with zero attached hydrogens (tertiary/aromatic N) is 2. The van der Waals surface area contributed by atoms with Crippen molar-refractivity contribution in [3.63, 3.8) is 0 Å². The van der Waals surface area contributed by atoms with E-state index in [1.54, 1.807) is 0 Å². The van der Waals surface area contributed by atoms with Gasteiger partial charge >= 0.3 is 6.03 Å². The number of carbonyl (C=O) groups excluding carboxylic acids is 2. The van der Waals surface area contributed by atoms with Crippen molar-refractivity contribution < 1.29 is 14.1 Å².